The SMILES string of the molecule is CC(C)(C)c1ccc(N2c3ccc(C(C)(C)C)cc3B3c4ccc(N5c6ccc(-c7cccnc7)cc6C6(C)CCCCC56C)cc4N(c4ccc(C(C)(C)C)cc4)c4cc(C(C)(C)C)cc2c43)cc1. The molecule has 1 fully saturated rings. The molecule has 2 atom stereocenters. The Bertz CT molecular complexity index is 3180. The third-order valence-corrected chi connectivity index (χ3v) is 17.1. The van der Waals surface area contributed by atoms with Crippen molar-refractivity contribution in [2.45, 2.75) is 155 Å². The number of hydrogen-bond donors (Lipinski definition) is 0. The van der Waals surface area contributed by atoms with E-state index in [1.165, 1.54) is 114 Å². The van der Waals surface area contributed by atoms with E-state index < -0.39 is 0 Å². The van der Waals surface area contributed by atoms with Crippen LogP contribution in [-0.4, -0.2) is 17.2 Å². The number of nitrogens with zero attached hydrogens (tertiary/aromatic N) is 4. The molecule has 0 N–H and O–H groups in total. The van der Waals surface area contributed by atoms with Gasteiger partial charge in [0.05, 0.1) is 5.54 Å². The average Bonchev–Trinajstić information content (AvgIpc) is 3.52. The molecule has 0 spiro atoms. The Labute approximate surface area is 420 Å². The Kier molecular flexibility index (Phi) is 10.4. The van der Waals surface area contributed by atoms with E-state index in [1.54, 1.807) is 0 Å². The van der Waals surface area contributed by atoms with Crippen LogP contribution in [-0.2, 0) is 27.1 Å². The Morgan fingerprint density at radius 2 is 1.00 bits per heavy atom. The lowest BCUT2D eigenvalue weighted by molar-refractivity contribution is 0.195. The van der Waals surface area contributed by atoms with Gasteiger partial charge in [0.25, 0.3) is 6.71 Å². The van der Waals surface area contributed by atoms with Crippen molar-refractivity contribution in [3.63, 3.8) is 0 Å². The number of anilines is 8. The number of fused-ring (bicyclic) bond motifs is 7. The van der Waals surface area contributed by atoms with Crippen molar-refractivity contribution >= 4 is 68.6 Å². The fourth-order valence-electron chi connectivity index (χ4n) is 12.7. The first kappa shape index (κ1) is 46.3. The van der Waals surface area contributed by atoms with E-state index in [0.29, 0.717) is 0 Å². The molecule has 70 heavy (non-hydrogen) atoms. The molecule has 356 valence electrons. The van der Waals surface area contributed by atoms with Gasteiger partial charge >= 0.3 is 0 Å². The largest absolute Gasteiger partial charge is 0.334 e. The number of pyridine rings is 1. The molecule has 3 aliphatic heterocycles. The lowest BCUT2D eigenvalue weighted by atomic mass is 9.33. The standard InChI is InChI=1S/C65H73BN4/c1-60(2,3)44-20-25-48(26-21-44)68-55-32-24-46(62(7,8)9)37-53(55)66-52-30-29-50(70-54-31-19-42(43-18-17-35-67-41-43)36-51(54)64(13)33-15-16-34-65(64,70)14)40-56(52)69(49-27-22-45(23-28-49)61(4,5)6)58-39-47(63(10,11)12)38-57(68)59(58)66/h17-32,35-41H,15-16,33-34H2,1-14H3. The van der Waals surface area contributed by atoms with E-state index in [2.05, 4.69) is 244 Å². The Morgan fingerprint density at radius 1 is 0.457 bits per heavy atom. The smallest absolute Gasteiger partial charge is 0.252 e. The van der Waals surface area contributed by atoms with Gasteiger partial charge in [-0.2, -0.15) is 0 Å². The summed E-state index contributed by atoms with van der Waals surface area (Å²) in [6, 6.07) is 50.4. The molecule has 0 bridgehead atoms. The lowest BCUT2D eigenvalue weighted by Gasteiger charge is -2.50. The van der Waals surface area contributed by atoms with E-state index in [4.69, 9.17) is 0 Å². The van der Waals surface area contributed by atoms with Gasteiger partial charge in [-0.15, -0.1) is 0 Å². The van der Waals surface area contributed by atoms with Crippen molar-refractivity contribution in [1.82, 2.24) is 4.98 Å². The predicted molar refractivity (Wildman–Crippen MR) is 301 cm³/mol. The third kappa shape index (κ3) is 7.18. The highest BCUT2D eigenvalue weighted by Crippen LogP contribution is 2.62. The third-order valence-electron chi connectivity index (χ3n) is 17.1. The van der Waals surface area contributed by atoms with Gasteiger partial charge < -0.3 is 14.7 Å². The van der Waals surface area contributed by atoms with Gasteiger partial charge in [0.1, 0.15) is 0 Å². The quantitative estimate of drug-likeness (QED) is 0.164. The Morgan fingerprint density at radius 3 is 1.57 bits per heavy atom. The van der Waals surface area contributed by atoms with Crippen LogP contribution < -0.4 is 31.1 Å². The molecule has 0 saturated heterocycles. The molecule has 4 nitrogen and oxygen atoms in total. The molecule has 11 rings (SSSR count). The minimum atomic E-state index is -0.115. The highest BCUT2D eigenvalue weighted by atomic mass is 15.3. The molecule has 4 aliphatic rings. The molecular formula is C65H73BN4. The molecule has 0 amide bonds. The van der Waals surface area contributed by atoms with Gasteiger partial charge in [0.2, 0.25) is 0 Å². The average molecular weight is 921 g/mol. The fraction of sp³-hybridized carbons (Fsp3) is 0.369. The first-order valence-corrected chi connectivity index (χ1v) is 26.1. The molecule has 1 saturated carbocycles. The van der Waals surface area contributed by atoms with Gasteiger partial charge in [-0.3, -0.25) is 4.98 Å². The van der Waals surface area contributed by atoms with Gasteiger partial charge in [-0.05, 0) is 170 Å². The second-order valence-electron chi connectivity index (χ2n) is 25.8. The minimum Gasteiger partial charge on any atom is -0.334 e. The van der Waals surface area contributed by atoms with E-state index in [-0.39, 0.29) is 39.3 Å². The fourth-order valence-corrected chi connectivity index (χ4v) is 12.7. The number of aromatic nitrogens is 1. The van der Waals surface area contributed by atoms with Gasteiger partial charge in [-0.25, -0.2) is 0 Å². The first-order chi connectivity index (χ1) is 33.0. The highest BCUT2D eigenvalue weighted by molar-refractivity contribution is 7.00. The number of hydrogen-bond acceptors (Lipinski definition) is 4. The van der Waals surface area contributed by atoms with Crippen molar-refractivity contribution in [2.75, 3.05) is 14.7 Å². The molecule has 0 radical (unpaired) electrons. The summed E-state index contributed by atoms with van der Waals surface area (Å²) in [7, 11) is 0. The maximum atomic E-state index is 4.52. The van der Waals surface area contributed by atoms with Crippen LogP contribution in [0.25, 0.3) is 11.1 Å². The van der Waals surface area contributed by atoms with Crippen LogP contribution >= 0.6 is 0 Å². The summed E-state index contributed by atoms with van der Waals surface area (Å²) in [5.41, 5.74) is 23.1. The van der Waals surface area contributed by atoms with Gasteiger partial charge in [0, 0.05) is 63.3 Å². The van der Waals surface area contributed by atoms with E-state index in [9.17, 15) is 0 Å². The summed E-state index contributed by atoms with van der Waals surface area (Å²) >= 11 is 0. The summed E-state index contributed by atoms with van der Waals surface area (Å²) < 4.78 is 0. The molecule has 5 heteroatoms. The maximum Gasteiger partial charge on any atom is 0.252 e. The van der Waals surface area contributed by atoms with Gasteiger partial charge in [0.15, 0.2) is 0 Å². The number of rotatable bonds is 4. The van der Waals surface area contributed by atoms with Crippen LogP contribution in [0.15, 0.2) is 140 Å². The van der Waals surface area contributed by atoms with Crippen molar-refractivity contribution in [3.8, 4) is 11.1 Å². The molecule has 7 aromatic rings. The molecule has 2 unspecified atom stereocenters. The molecule has 1 aromatic heterocycles. The zero-order chi connectivity index (χ0) is 49.5. The minimum absolute atomic E-state index is 0.0130. The topological polar surface area (TPSA) is 22.6 Å². The zero-order valence-corrected chi connectivity index (χ0v) is 44.5. The van der Waals surface area contributed by atoms with Crippen LogP contribution in [0.4, 0.5) is 45.5 Å². The van der Waals surface area contributed by atoms with E-state index in [0.717, 1.165) is 12.8 Å². The van der Waals surface area contributed by atoms with Crippen molar-refractivity contribution in [1.29, 1.82) is 0 Å². The maximum absolute atomic E-state index is 4.52. The normalized spacial score (nSPS) is 19.6. The predicted octanol–water partition coefficient (Wildman–Crippen LogP) is 15.8. The van der Waals surface area contributed by atoms with Crippen LogP contribution in [0.5, 0.6) is 0 Å². The zero-order valence-electron chi connectivity index (χ0n) is 44.5. The number of benzene rings is 6. The second kappa shape index (κ2) is 15.7. The summed E-state index contributed by atoms with van der Waals surface area (Å²) in [4.78, 5) is 12.5. The summed E-state index contributed by atoms with van der Waals surface area (Å²) in [6.07, 6.45) is 8.64. The Hall–Kier alpha value is -6.07. The van der Waals surface area contributed by atoms with Crippen LogP contribution in [0.1, 0.15) is 150 Å². The van der Waals surface area contributed by atoms with Crippen molar-refractivity contribution < 1.29 is 0 Å². The second-order valence-corrected chi connectivity index (χ2v) is 25.8. The van der Waals surface area contributed by atoms with Crippen molar-refractivity contribution in [2.24, 2.45) is 0 Å². The molecule has 1 aliphatic carbocycles. The van der Waals surface area contributed by atoms with Crippen LogP contribution in [0.2, 0.25) is 0 Å². The van der Waals surface area contributed by atoms with Crippen LogP contribution in [0.3, 0.4) is 0 Å². The summed E-state index contributed by atoms with van der Waals surface area (Å²) in [5.74, 6) is 0. The summed E-state index contributed by atoms with van der Waals surface area (Å²) in [6.45, 7) is 33.2. The monoisotopic (exact) mass is 921 g/mol. The lowest BCUT2D eigenvalue weighted by Crippen LogP contribution is -2.61. The highest BCUT2D eigenvalue weighted by Gasteiger charge is 2.58. The molecular weight excluding hydrogens is 848 g/mol. The van der Waals surface area contributed by atoms with Crippen molar-refractivity contribution in [3.05, 3.63) is 168 Å². The van der Waals surface area contributed by atoms with Gasteiger partial charge in [-0.1, -0.05) is 157 Å². The Balaban J connectivity index is 1.20. The summed E-state index contributed by atoms with van der Waals surface area (Å²) in [5, 5.41) is 0. The molecule has 6 aromatic carbocycles. The van der Waals surface area contributed by atoms with E-state index in [1.807, 2.05) is 12.4 Å². The first-order valence-electron chi connectivity index (χ1n) is 26.1. The van der Waals surface area contributed by atoms with Crippen LogP contribution in [0, 0.1) is 0 Å². The molecule has 4 heterocycles. The van der Waals surface area contributed by atoms with E-state index >= 15 is 0 Å².